The zero-order valence-electron chi connectivity index (χ0n) is 22.0. The number of aryl methyl sites for hydroxylation is 1. The first-order valence-electron chi connectivity index (χ1n) is 12.3. The van der Waals surface area contributed by atoms with Gasteiger partial charge in [-0.05, 0) is 47.3 Å². The van der Waals surface area contributed by atoms with Gasteiger partial charge in [0.25, 0.3) is 5.56 Å². The lowest BCUT2D eigenvalue weighted by Gasteiger charge is -2.21. The molecule has 0 saturated carbocycles. The molecule has 0 amide bonds. The normalized spacial score (nSPS) is 11.9. The van der Waals surface area contributed by atoms with Crippen molar-refractivity contribution in [3.05, 3.63) is 105 Å². The minimum atomic E-state index is -0.811. The van der Waals surface area contributed by atoms with Gasteiger partial charge in [-0.1, -0.05) is 30.3 Å². The van der Waals surface area contributed by atoms with Gasteiger partial charge in [-0.3, -0.25) is 14.4 Å². The van der Waals surface area contributed by atoms with Gasteiger partial charge in [-0.25, -0.2) is 0 Å². The first-order chi connectivity index (χ1) is 18.9. The third-order valence-corrected chi connectivity index (χ3v) is 7.04. The number of hydrogen-bond donors (Lipinski definition) is 0. The molecule has 0 bridgehead atoms. The fourth-order valence-electron chi connectivity index (χ4n) is 5.00. The largest absolute Gasteiger partial charge is 0.497 e. The van der Waals surface area contributed by atoms with Crippen LogP contribution in [0, 0.1) is 0 Å². The smallest absolute Gasteiger partial charge is 0.306 e. The third-order valence-electron chi connectivity index (χ3n) is 7.04. The Morgan fingerprint density at radius 3 is 2.38 bits per heavy atom. The topological polar surface area (TPSA) is 97.0 Å². The van der Waals surface area contributed by atoms with E-state index in [1.54, 1.807) is 61.2 Å². The lowest BCUT2D eigenvalue weighted by atomic mass is 9.86. The lowest BCUT2D eigenvalue weighted by Crippen LogP contribution is -2.26. The first kappa shape index (κ1) is 25.8. The van der Waals surface area contributed by atoms with Crippen LogP contribution in [0.5, 0.6) is 11.5 Å². The number of rotatable bonds is 7. The molecule has 2 heterocycles. The van der Waals surface area contributed by atoms with E-state index in [0.717, 1.165) is 10.9 Å². The highest BCUT2D eigenvalue weighted by atomic mass is 16.5. The predicted octanol–water partition coefficient (Wildman–Crippen LogP) is 5.02. The molecule has 0 N–H and O–H groups in total. The maximum Gasteiger partial charge on any atom is 0.306 e. The van der Waals surface area contributed by atoms with E-state index in [9.17, 15) is 14.4 Å². The second-order valence-electron chi connectivity index (χ2n) is 9.12. The van der Waals surface area contributed by atoms with Crippen LogP contribution in [-0.2, 0) is 16.6 Å². The van der Waals surface area contributed by atoms with E-state index in [1.807, 2.05) is 24.3 Å². The number of aromatic nitrogens is 1. The highest BCUT2D eigenvalue weighted by Gasteiger charge is 2.29. The number of carbonyl (C=O) groups is 1. The van der Waals surface area contributed by atoms with E-state index >= 15 is 0 Å². The van der Waals surface area contributed by atoms with Crippen LogP contribution in [0.25, 0.3) is 33.0 Å². The predicted molar refractivity (Wildman–Crippen MR) is 149 cm³/mol. The van der Waals surface area contributed by atoms with Crippen molar-refractivity contribution in [1.82, 2.24) is 4.57 Å². The van der Waals surface area contributed by atoms with Crippen LogP contribution in [0.3, 0.4) is 0 Å². The van der Waals surface area contributed by atoms with Gasteiger partial charge in [0.15, 0.2) is 0 Å². The number of benzene rings is 3. The maximum absolute atomic E-state index is 13.7. The van der Waals surface area contributed by atoms with Crippen molar-refractivity contribution in [3.63, 3.8) is 0 Å². The number of fused-ring (bicyclic) bond motifs is 2. The van der Waals surface area contributed by atoms with Crippen molar-refractivity contribution < 1.29 is 23.4 Å². The van der Waals surface area contributed by atoms with Gasteiger partial charge in [0.05, 0.1) is 44.2 Å². The van der Waals surface area contributed by atoms with Gasteiger partial charge in [0, 0.05) is 24.1 Å². The molecule has 8 heteroatoms. The molecule has 1 unspecified atom stereocenters. The molecule has 0 aliphatic rings. The van der Waals surface area contributed by atoms with E-state index in [0.29, 0.717) is 39.1 Å². The minimum absolute atomic E-state index is 0.163. The molecule has 0 radical (unpaired) electrons. The summed E-state index contributed by atoms with van der Waals surface area (Å²) in [6.45, 7) is 0. The zero-order chi connectivity index (χ0) is 27.7. The van der Waals surface area contributed by atoms with Crippen LogP contribution in [-0.4, -0.2) is 31.9 Å². The third kappa shape index (κ3) is 4.54. The Hall–Kier alpha value is -4.85. The molecule has 0 fully saturated rings. The molecule has 0 spiro atoms. The molecule has 8 nitrogen and oxygen atoms in total. The highest BCUT2D eigenvalue weighted by molar-refractivity contribution is 5.88. The van der Waals surface area contributed by atoms with Crippen LogP contribution < -0.4 is 20.5 Å². The van der Waals surface area contributed by atoms with Crippen molar-refractivity contribution in [3.8, 4) is 22.6 Å². The molecular weight excluding hydrogens is 498 g/mol. The van der Waals surface area contributed by atoms with Gasteiger partial charge < -0.3 is 23.2 Å². The Kier molecular flexibility index (Phi) is 6.94. The number of hydrogen-bond acceptors (Lipinski definition) is 7. The molecule has 0 saturated heterocycles. The van der Waals surface area contributed by atoms with Crippen LogP contribution in [0.2, 0.25) is 0 Å². The number of nitrogens with zero attached hydrogens (tertiary/aromatic N) is 1. The van der Waals surface area contributed by atoms with Crippen molar-refractivity contribution in [2.24, 2.45) is 7.05 Å². The van der Waals surface area contributed by atoms with Crippen LogP contribution in [0.15, 0.2) is 87.0 Å². The van der Waals surface area contributed by atoms with Gasteiger partial charge in [-0.15, -0.1) is 0 Å². The molecule has 198 valence electrons. The van der Waals surface area contributed by atoms with E-state index in [2.05, 4.69) is 0 Å². The quantitative estimate of drug-likeness (QED) is 0.275. The van der Waals surface area contributed by atoms with E-state index < -0.39 is 11.9 Å². The second-order valence-corrected chi connectivity index (χ2v) is 9.12. The SMILES string of the molecule is COC(=O)CC(c1cc2ccccc2n(C)c1=O)c1c(OC)ccc2c(=O)c(-c3ccc(OC)cc3)coc12. The molecule has 3 aromatic carbocycles. The number of methoxy groups -OCH3 is 3. The van der Waals surface area contributed by atoms with E-state index in [-0.39, 0.29) is 23.0 Å². The van der Waals surface area contributed by atoms with Gasteiger partial charge in [0.2, 0.25) is 5.43 Å². The standard InChI is InChI=1S/C31H27NO7/c1-32-25-8-6-5-7-19(25)15-23(31(32)35)22(16-27(33)38-4)28-26(37-3)14-13-21-29(34)24(17-39-30(21)28)18-9-11-20(36-2)12-10-18/h5-15,17,22H,16H2,1-4H3. The van der Waals surface area contributed by atoms with Crippen molar-refractivity contribution in [2.45, 2.75) is 12.3 Å². The summed E-state index contributed by atoms with van der Waals surface area (Å²) < 4.78 is 23.5. The number of esters is 1. The lowest BCUT2D eigenvalue weighted by molar-refractivity contribution is -0.140. The number of para-hydroxylation sites is 1. The molecule has 5 rings (SSSR count). The summed E-state index contributed by atoms with van der Waals surface area (Å²) in [5.41, 5.74) is 2.27. The monoisotopic (exact) mass is 525 g/mol. The van der Waals surface area contributed by atoms with Crippen LogP contribution >= 0.6 is 0 Å². The summed E-state index contributed by atoms with van der Waals surface area (Å²) in [5.74, 6) is -0.286. The zero-order valence-corrected chi connectivity index (χ0v) is 22.0. The van der Waals surface area contributed by atoms with E-state index in [4.69, 9.17) is 18.6 Å². The molecule has 0 aliphatic heterocycles. The fourth-order valence-corrected chi connectivity index (χ4v) is 5.00. The first-order valence-corrected chi connectivity index (χ1v) is 12.3. The molecule has 2 aromatic heterocycles. The summed E-state index contributed by atoms with van der Waals surface area (Å²) in [7, 11) is 6.04. The molecule has 0 aliphatic carbocycles. The summed E-state index contributed by atoms with van der Waals surface area (Å²) in [6.07, 6.45) is 1.23. The van der Waals surface area contributed by atoms with E-state index in [1.165, 1.54) is 20.5 Å². The average Bonchev–Trinajstić information content (AvgIpc) is 2.97. The summed E-state index contributed by atoms with van der Waals surface area (Å²) >= 11 is 0. The Bertz CT molecular complexity index is 1820. The molecule has 5 aromatic rings. The number of pyridine rings is 1. The summed E-state index contributed by atoms with van der Waals surface area (Å²) in [4.78, 5) is 40.0. The van der Waals surface area contributed by atoms with Crippen molar-refractivity contribution in [1.29, 1.82) is 0 Å². The molecule has 39 heavy (non-hydrogen) atoms. The Morgan fingerprint density at radius 1 is 0.949 bits per heavy atom. The Balaban J connectivity index is 1.79. The average molecular weight is 526 g/mol. The molecular formula is C31H27NO7. The van der Waals surface area contributed by atoms with Crippen LogP contribution in [0.1, 0.15) is 23.5 Å². The Labute approximate surface area is 224 Å². The summed E-state index contributed by atoms with van der Waals surface area (Å²) in [5, 5.41) is 1.12. The minimum Gasteiger partial charge on any atom is -0.497 e. The second kappa shape index (κ2) is 10.5. The van der Waals surface area contributed by atoms with Gasteiger partial charge in [-0.2, -0.15) is 0 Å². The highest BCUT2D eigenvalue weighted by Crippen LogP contribution is 2.39. The van der Waals surface area contributed by atoms with Gasteiger partial charge in [0.1, 0.15) is 23.3 Å². The number of carbonyl (C=O) groups excluding carboxylic acids is 1. The molecule has 1 atom stereocenters. The van der Waals surface area contributed by atoms with Gasteiger partial charge >= 0.3 is 5.97 Å². The fraction of sp³-hybridized carbons (Fsp3) is 0.194. The maximum atomic E-state index is 13.7. The number of ether oxygens (including phenoxy) is 3. The van der Waals surface area contributed by atoms with Crippen molar-refractivity contribution in [2.75, 3.05) is 21.3 Å². The van der Waals surface area contributed by atoms with Crippen molar-refractivity contribution >= 4 is 27.8 Å². The Morgan fingerprint density at radius 2 is 1.69 bits per heavy atom. The van der Waals surface area contributed by atoms with Crippen LogP contribution in [0.4, 0.5) is 0 Å². The summed E-state index contributed by atoms with van der Waals surface area (Å²) in [6, 6.07) is 19.6.